The molecule has 0 radical (unpaired) electrons. The maximum atomic E-state index is 8.99. The topological polar surface area (TPSA) is 49.2 Å². The summed E-state index contributed by atoms with van der Waals surface area (Å²) in [4.78, 5) is 8.85. The van der Waals surface area contributed by atoms with E-state index in [9.17, 15) is 0 Å². The average molecular weight is 325 g/mol. The number of piperidine rings is 1. The fourth-order valence-corrected chi connectivity index (χ4v) is 4.46. The van der Waals surface area contributed by atoms with Crippen LogP contribution in [0.5, 0.6) is 5.88 Å². The lowest BCUT2D eigenvalue weighted by Gasteiger charge is -2.38. The SMILES string of the molecule is CCN1CCC[C@]2(Cc3cc(-c4ccc(C#N)s4)cnc3O2)C1. The third-order valence-corrected chi connectivity index (χ3v) is 5.86. The zero-order chi connectivity index (χ0) is 15.9. The second-order valence-electron chi connectivity index (χ2n) is 6.40. The summed E-state index contributed by atoms with van der Waals surface area (Å²) in [5.74, 6) is 0.795. The Morgan fingerprint density at radius 3 is 3.17 bits per heavy atom. The molecule has 4 rings (SSSR count). The molecule has 0 amide bonds. The van der Waals surface area contributed by atoms with E-state index in [2.05, 4.69) is 28.9 Å². The first kappa shape index (κ1) is 14.7. The van der Waals surface area contributed by atoms with Gasteiger partial charge in [0.05, 0.1) is 0 Å². The number of pyridine rings is 1. The van der Waals surface area contributed by atoms with Crippen LogP contribution >= 0.6 is 11.3 Å². The van der Waals surface area contributed by atoms with E-state index in [1.807, 2.05) is 18.3 Å². The van der Waals surface area contributed by atoms with Gasteiger partial charge in [-0.15, -0.1) is 11.3 Å². The van der Waals surface area contributed by atoms with Crippen molar-refractivity contribution < 1.29 is 4.74 Å². The molecule has 23 heavy (non-hydrogen) atoms. The predicted octanol–water partition coefficient (Wildman–Crippen LogP) is 3.47. The number of nitriles is 1. The monoisotopic (exact) mass is 325 g/mol. The Bertz CT molecular complexity index is 779. The van der Waals surface area contributed by atoms with Crippen molar-refractivity contribution in [3.05, 3.63) is 34.8 Å². The van der Waals surface area contributed by atoms with E-state index >= 15 is 0 Å². The predicted molar refractivity (Wildman–Crippen MR) is 90.7 cm³/mol. The standard InChI is InChI=1S/C18H19N3OS/c1-2-21-7-3-6-18(12-21)9-13-8-14(11-20-17(13)22-18)16-5-4-15(10-19)23-16/h4-5,8,11H,2-3,6-7,9,12H2,1H3/t18-/m0/s1. The lowest BCUT2D eigenvalue weighted by molar-refractivity contribution is 0.00781. The molecule has 2 aliphatic heterocycles. The highest BCUT2D eigenvalue weighted by atomic mass is 32.1. The third-order valence-electron chi connectivity index (χ3n) is 4.82. The van der Waals surface area contributed by atoms with Gasteiger partial charge in [-0.2, -0.15) is 5.26 Å². The van der Waals surface area contributed by atoms with E-state index in [0.29, 0.717) is 0 Å². The minimum atomic E-state index is -0.0878. The minimum absolute atomic E-state index is 0.0878. The Balaban J connectivity index is 1.61. The first-order valence-electron chi connectivity index (χ1n) is 8.12. The van der Waals surface area contributed by atoms with E-state index < -0.39 is 0 Å². The number of thiophene rings is 1. The summed E-state index contributed by atoms with van der Waals surface area (Å²) in [6.45, 7) is 5.45. The van der Waals surface area contributed by atoms with Gasteiger partial charge in [0.2, 0.25) is 5.88 Å². The number of likely N-dealkylation sites (tertiary alicyclic amines) is 1. The van der Waals surface area contributed by atoms with Crippen LogP contribution in [0.3, 0.4) is 0 Å². The van der Waals surface area contributed by atoms with Crippen molar-refractivity contribution in [2.24, 2.45) is 0 Å². The van der Waals surface area contributed by atoms with Crippen LogP contribution in [-0.4, -0.2) is 35.1 Å². The Hall–Kier alpha value is -1.90. The van der Waals surface area contributed by atoms with Crippen LogP contribution in [0.15, 0.2) is 24.4 Å². The smallest absolute Gasteiger partial charge is 0.217 e. The summed E-state index contributed by atoms with van der Waals surface area (Å²) in [5.41, 5.74) is 2.20. The van der Waals surface area contributed by atoms with Crippen molar-refractivity contribution in [1.29, 1.82) is 5.26 Å². The fraction of sp³-hybridized carbons (Fsp3) is 0.444. The van der Waals surface area contributed by atoms with Gasteiger partial charge < -0.3 is 4.74 Å². The quantitative estimate of drug-likeness (QED) is 0.848. The van der Waals surface area contributed by atoms with E-state index in [4.69, 9.17) is 10.00 Å². The fourth-order valence-electron chi connectivity index (χ4n) is 3.68. The number of ether oxygens (including phenoxy) is 1. The van der Waals surface area contributed by atoms with Crippen LogP contribution in [0.4, 0.5) is 0 Å². The molecule has 5 heteroatoms. The molecule has 2 aromatic rings. The van der Waals surface area contributed by atoms with Crippen LogP contribution < -0.4 is 4.74 Å². The molecular weight excluding hydrogens is 306 g/mol. The Morgan fingerprint density at radius 1 is 1.48 bits per heavy atom. The lowest BCUT2D eigenvalue weighted by atomic mass is 9.88. The molecule has 0 N–H and O–H groups in total. The zero-order valence-electron chi connectivity index (χ0n) is 13.2. The van der Waals surface area contributed by atoms with Gasteiger partial charge in [-0.3, -0.25) is 4.90 Å². The second-order valence-corrected chi connectivity index (χ2v) is 7.48. The summed E-state index contributed by atoms with van der Waals surface area (Å²) >= 11 is 1.51. The molecule has 0 saturated carbocycles. The Kier molecular flexibility index (Phi) is 3.59. The van der Waals surface area contributed by atoms with Crippen molar-refractivity contribution in [3.63, 3.8) is 0 Å². The van der Waals surface area contributed by atoms with Crippen molar-refractivity contribution in [2.75, 3.05) is 19.6 Å². The number of nitrogens with zero attached hydrogens (tertiary/aromatic N) is 3. The molecule has 118 valence electrons. The van der Waals surface area contributed by atoms with E-state index in [1.54, 1.807) is 0 Å². The molecule has 4 nitrogen and oxygen atoms in total. The zero-order valence-corrected chi connectivity index (χ0v) is 14.0. The molecule has 1 fully saturated rings. The average Bonchev–Trinajstić information content (AvgIpc) is 3.18. The van der Waals surface area contributed by atoms with Gasteiger partial charge in [0.1, 0.15) is 16.5 Å². The summed E-state index contributed by atoms with van der Waals surface area (Å²) in [6, 6.07) is 8.25. The number of hydrogen-bond acceptors (Lipinski definition) is 5. The van der Waals surface area contributed by atoms with E-state index in [-0.39, 0.29) is 5.60 Å². The molecule has 0 bridgehead atoms. The summed E-state index contributed by atoms with van der Waals surface area (Å²) in [5, 5.41) is 8.99. The second kappa shape index (κ2) is 5.63. The van der Waals surface area contributed by atoms with Gasteiger partial charge in [0.15, 0.2) is 0 Å². The minimum Gasteiger partial charge on any atom is -0.469 e. The van der Waals surface area contributed by atoms with Crippen LogP contribution in [0.1, 0.15) is 30.2 Å². The molecule has 1 spiro atoms. The number of likely N-dealkylation sites (N-methyl/N-ethyl adjacent to an activating group) is 1. The highest BCUT2D eigenvalue weighted by Gasteiger charge is 2.43. The highest BCUT2D eigenvalue weighted by molar-refractivity contribution is 7.16. The highest BCUT2D eigenvalue weighted by Crippen LogP contribution is 2.40. The molecule has 1 saturated heterocycles. The number of hydrogen-bond donors (Lipinski definition) is 0. The van der Waals surface area contributed by atoms with E-state index in [0.717, 1.165) is 47.1 Å². The van der Waals surface area contributed by atoms with Gasteiger partial charge in [0, 0.05) is 35.2 Å². The van der Waals surface area contributed by atoms with Crippen molar-refractivity contribution >= 4 is 11.3 Å². The molecule has 0 unspecified atom stereocenters. The molecule has 4 heterocycles. The molecule has 2 aliphatic rings. The summed E-state index contributed by atoms with van der Waals surface area (Å²) < 4.78 is 6.28. The first-order valence-corrected chi connectivity index (χ1v) is 8.94. The molecular formula is C18H19N3OS. The maximum absolute atomic E-state index is 8.99. The summed E-state index contributed by atoms with van der Waals surface area (Å²) in [6.07, 6.45) is 5.10. The molecule has 0 aliphatic carbocycles. The number of fused-ring (bicyclic) bond motifs is 1. The lowest BCUT2D eigenvalue weighted by Crippen LogP contribution is -2.51. The first-order chi connectivity index (χ1) is 11.2. The van der Waals surface area contributed by atoms with Gasteiger partial charge in [0.25, 0.3) is 0 Å². The Labute approximate surface area is 140 Å². The Morgan fingerprint density at radius 2 is 2.39 bits per heavy atom. The normalized spacial score (nSPS) is 23.5. The van der Waals surface area contributed by atoms with Gasteiger partial charge in [-0.05, 0) is 44.1 Å². The maximum Gasteiger partial charge on any atom is 0.217 e. The molecule has 2 aromatic heterocycles. The molecule has 1 atom stereocenters. The van der Waals surface area contributed by atoms with Crippen molar-refractivity contribution in [1.82, 2.24) is 9.88 Å². The van der Waals surface area contributed by atoms with Gasteiger partial charge in [-0.1, -0.05) is 6.92 Å². The van der Waals surface area contributed by atoms with Crippen LogP contribution in [-0.2, 0) is 6.42 Å². The van der Waals surface area contributed by atoms with Crippen molar-refractivity contribution in [2.45, 2.75) is 31.8 Å². The largest absolute Gasteiger partial charge is 0.469 e. The van der Waals surface area contributed by atoms with E-state index in [1.165, 1.54) is 29.9 Å². The van der Waals surface area contributed by atoms with Gasteiger partial charge in [-0.25, -0.2) is 4.98 Å². The van der Waals surface area contributed by atoms with Crippen LogP contribution in [0.25, 0.3) is 10.4 Å². The molecule has 0 aromatic carbocycles. The van der Waals surface area contributed by atoms with Crippen LogP contribution in [0, 0.1) is 11.3 Å². The number of aromatic nitrogens is 1. The van der Waals surface area contributed by atoms with Crippen molar-refractivity contribution in [3.8, 4) is 22.4 Å². The third kappa shape index (κ3) is 2.62. The van der Waals surface area contributed by atoms with Crippen LogP contribution in [0.2, 0.25) is 0 Å². The summed E-state index contributed by atoms with van der Waals surface area (Å²) in [7, 11) is 0. The van der Waals surface area contributed by atoms with Gasteiger partial charge >= 0.3 is 0 Å². The number of rotatable bonds is 2.